The first-order valence-electron chi connectivity index (χ1n) is 13.1. The molecule has 0 aromatic heterocycles. The molecule has 2 fully saturated rings. The standard InChI is InChI=1S/C30H37ClNO/c31-23-13-22-28-30(25-16-7-2-8-17-25,26-18-9-3-10-19-26)32(27-20-11-4-12-21-27)29(33-28)24-14-5-1-6-15-24/h2-3,7-10,16-19,22,24,27H,1,4-6,11-15,20-21,23H2/q+1. The predicted molar refractivity (Wildman–Crippen MR) is 137 cm³/mol. The molecular weight excluding hydrogens is 426 g/mol. The fourth-order valence-corrected chi connectivity index (χ4v) is 6.51. The Morgan fingerprint density at radius 2 is 1.33 bits per heavy atom. The number of benzene rings is 2. The lowest BCUT2D eigenvalue weighted by atomic mass is 9.78. The summed E-state index contributed by atoms with van der Waals surface area (Å²) in [5, 5.41) is 0. The summed E-state index contributed by atoms with van der Waals surface area (Å²) < 4.78 is 9.80. The minimum Gasteiger partial charge on any atom is -0.405 e. The first kappa shape index (κ1) is 22.7. The lowest BCUT2D eigenvalue weighted by Gasteiger charge is -2.33. The molecule has 1 heterocycles. The molecule has 33 heavy (non-hydrogen) atoms. The summed E-state index contributed by atoms with van der Waals surface area (Å²) in [5.74, 6) is 3.41. The van der Waals surface area contributed by atoms with Crippen LogP contribution in [0.1, 0.15) is 81.8 Å². The van der Waals surface area contributed by atoms with Gasteiger partial charge in [-0.1, -0.05) is 86.3 Å². The Morgan fingerprint density at radius 1 is 0.788 bits per heavy atom. The van der Waals surface area contributed by atoms with Gasteiger partial charge in [0.25, 0.3) is 5.54 Å². The quantitative estimate of drug-likeness (QED) is 0.315. The second kappa shape index (κ2) is 10.5. The van der Waals surface area contributed by atoms with Crippen LogP contribution in [0.5, 0.6) is 0 Å². The summed E-state index contributed by atoms with van der Waals surface area (Å²) >= 11 is 6.21. The Bertz CT molecular complexity index is 929. The maximum Gasteiger partial charge on any atom is 0.346 e. The number of alkyl halides is 1. The van der Waals surface area contributed by atoms with E-state index in [2.05, 4.69) is 71.3 Å². The van der Waals surface area contributed by atoms with E-state index >= 15 is 0 Å². The van der Waals surface area contributed by atoms with E-state index in [0.29, 0.717) is 17.8 Å². The van der Waals surface area contributed by atoms with Crippen molar-refractivity contribution in [3.63, 3.8) is 0 Å². The van der Waals surface area contributed by atoms with Crippen LogP contribution < -0.4 is 0 Å². The molecule has 3 heteroatoms. The van der Waals surface area contributed by atoms with Crippen LogP contribution in [0.25, 0.3) is 0 Å². The molecule has 5 rings (SSSR count). The van der Waals surface area contributed by atoms with Gasteiger partial charge in [-0.15, -0.1) is 11.6 Å². The van der Waals surface area contributed by atoms with Crippen LogP contribution in [0.2, 0.25) is 0 Å². The van der Waals surface area contributed by atoms with Crippen molar-refractivity contribution in [3.8, 4) is 0 Å². The highest BCUT2D eigenvalue weighted by Crippen LogP contribution is 2.49. The van der Waals surface area contributed by atoms with E-state index in [0.717, 1.165) is 12.2 Å². The molecule has 2 nitrogen and oxygen atoms in total. The van der Waals surface area contributed by atoms with Crippen molar-refractivity contribution in [1.29, 1.82) is 0 Å². The van der Waals surface area contributed by atoms with E-state index < -0.39 is 5.54 Å². The largest absolute Gasteiger partial charge is 0.405 e. The Hall–Kier alpha value is -2.06. The van der Waals surface area contributed by atoms with Gasteiger partial charge in [-0.2, -0.15) is 4.58 Å². The van der Waals surface area contributed by atoms with E-state index in [1.807, 2.05) is 0 Å². The highest BCUT2D eigenvalue weighted by atomic mass is 35.5. The van der Waals surface area contributed by atoms with Crippen LogP contribution in [-0.2, 0) is 10.3 Å². The highest BCUT2D eigenvalue weighted by Gasteiger charge is 2.60. The van der Waals surface area contributed by atoms with Gasteiger partial charge < -0.3 is 4.74 Å². The van der Waals surface area contributed by atoms with Crippen LogP contribution in [0.3, 0.4) is 0 Å². The summed E-state index contributed by atoms with van der Waals surface area (Å²) in [5.41, 5.74) is 2.17. The van der Waals surface area contributed by atoms with Gasteiger partial charge in [-0.3, -0.25) is 0 Å². The molecule has 0 unspecified atom stereocenters. The van der Waals surface area contributed by atoms with Crippen molar-refractivity contribution in [2.45, 2.75) is 82.2 Å². The topological polar surface area (TPSA) is 12.2 Å². The van der Waals surface area contributed by atoms with Crippen molar-refractivity contribution < 1.29 is 9.31 Å². The van der Waals surface area contributed by atoms with Crippen molar-refractivity contribution in [1.82, 2.24) is 0 Å². The Kier molecular flexibility index (Phi) is 7.21. The zero-order valence-corrected chi connectivity index (χ0v) is 20.5. The monoisotopic (exact) mass is 462 g/mol. The van der Waals surface area contributed by atoms with E-state index in [1.54, 1.807) is 0 Å². The lowest BCUT2D eigenvalue weighted by Crippen LogP contribution is -2.47. The van der Waals surface area contributed by atoms with Crippen LogP contribution in [0, 0.1) is 5.92 Å². The highest BCUT2D eigenvalue weighted by molar-refractivity contribution is 6.17. The molecule has 2 aliphatic carbocycles. The average molecular weight is 463 g/mol. The zero-order valence-electron chi connectivity index (χ0n) is 19.7. The van der Waals surface area contributed by atoms with Crippen LogP contribution in [-0.4, -0.2) is 22.4 Å². The number of allylic oxidation sites excluding steroid dienone is 1. The number of halogens is 1. The molecule has 0 spiro atoms. The van der Waals surface area contributed by atoms with Gasteiger partial charge in [0.1, 0.15) is 0 Å². The number of nitrogens with zero attached hydrogens (tertiary/aromatic N) is 1. The number of hydrogen-bond acceptors (Lipinski definition) is 1. The first-order chi connectivity index (χ1) is 16.4. The average Bonchev–Trinajstić information content (AvgIpc) is 3.25. The fraction of sp³-hybridized carbons (Fsp3) is 0.500. The van der Waals surface area contributed by atoms with Crippen molar-refractivity contribution in [2.75, 3.05) is 5.88 Å². The minimum atomic E-state index is -0.427. The third-order valence-corrected chi connectivity index (χ3v) is 8.10. The van der Waals surface area contributed by atoms with Gasteiger partial charge in [0.05, 0.1) is 5.92 Å². The second-order valence-corrected chi connectivity index (χ2v) is 10.3. The Labute approximate surface area is 204 Å². The summed E-state index contributed by atoms with van der Waals surface area (Å²) in [4.78, 5) is 0. The van der Waals surface area contributed by atoms with E-state index in [4.69, 9.17) is 16.3 Å². The van der Waals surface area contributed by atoms with Gasteiger partial charge in [0.2, 0.25) is 0 Å². The predicted octanol–water partition coefficient (Wildman–Crippen LogP) is 7.80. The smallest absolute Gasteiger partial charge is 0.346 e. The van der Waals surface area contributed by atoms with Crippen LogP contribution in [0.4, 0.5) is 0 Å². The summed E-state index contributed by atoms with van der Waals surface area (Å²) in [7, 11) is 0. The third-order valence-electron chi connectivity index (χ3n) is 7.89. The minimum absolute atomic E-state index is 0.427. The Balaban J connectivity index is 1.79. The number of rotatable bonds is 6. The molecule has 2 aromatic rings. The maximum absolute atomic E-state index is 7.04. The second-order valence-electron chi connectivity index (χ2n) is 9.93. The van der Waals surface area contributed by atoms with E-state index in [9.17, 15) is 0 Å². The molecule has 1 aliphatic heterocycles. The van der Waals surface area contributed by atoms with Gasteiger partial charge in [-0.05, 0) is 38.2 Å². The van der Waals surface area contributed by atoms with Crippen molar-refractivity contribution in [3.05, 3.63) is 83.6 Å². The van der Waals surface area contributed by atoms with Gasteiger partial charge in [0, 0.05) is 29.8 Å². The molecule has 2 saturated carbocycles. The summed E-state index contributed by atoms with van der Waals surface area (Å²) in [6, 6.07) is 22.6. The van der Waals surface area contributed by atoms with E-state index in [-0.39, 0.29) is 0 Å². The molecule has 0 atom stereocenters. The molecule has 0 saturated heterocycles. The molecule has 2 aromatic carbocycles. The number of ether oxygens (including phenoxy) is 1. The normalized spacial score (nSPS) is 23.1. The zero-order chi connectivity index (χ0) is 22.5. The van der Waals surface area contributed by atoms with E-state index in [1.165, 1.54) is 81.2 Å². The third kappa shape index (κ3) is 4.28. The van der Waals surface area contributed by atoms with Crippen molar-refractivity contribution in [2.24, 2.45) is 5.92 Å². The van der Waals surface area contributed by atoms with Crippen LogP contribution >= 0.6 is 11.6 Å². The first-order valence-corrected chi connectivity index (χ1v) is 13.6. The maximum atomic E-state index is 7.04. The lowest BCUT2D eigenvalue weighted by molar-refractivity contribution is -0.628. The summed E-state index contributed by atoms with van der Waals surface area (Å²) in [6.45, 7) is 0. The molecule has 3 aliphatic rings. The Morgan fingerprint density at radius 3 is 1.88 bits per heavy atom. The van der Waals surface area contributed by atoms with Gasteiger partial charge >= 0.3 is 5.90 Å². The molecular formula is C30H37ClNO+. The molecule has 174 valence electrons. The van der Waals surface area contributed by atoms with Crippen LogP contribution in [0.15, 0.2) is 72.5 Å². The SMILES string of the molecule is ClCCC=C1OC(C2CCCCC2)=[N+](C2CCCCC2)C1(c1ccccc1)c1ccccc1. The molecule has 0 amide bonds. The number of hydrogen-bond donors (Lipinski definition) is 0. The van der Waals surface area contributed by atoms with Gasteiger partial charge in [-0.25, -0.2) is 0 Å². The van der Waals surface area contributed by atoms with Gasteiger partial charge in [0.15, 0.2) is 11.8 Å². The molecule has 0 radical (unpaired) electrons. The molecule has 0 N–H and O–H groups in total. The van der Waals surface area contributed by atoms with Crippen molar-refractivity contribution >= 4 is 17.5 Å². The molecule has 0 bridgehead atoms. The fourth-order valence-electron chi connectivity index (χ4n) is 6.41. The summed E-state index contributed by atoms with van der Waals surface area (Å²) in [6.07, 6.45) is 16.0.